The first-order chi connectivity index (χ1) is 12.7. The van der Waals surface area contributed by atoms with Crippen molar-refractivity contribution in [2.45, 2.75) is 19.3 Å². The van der Waals surface area contributed by atoms with Gasteiger partial charge in [0.15, 0.2) is 5.82 Å². The number of amides is 1. The third-order valence-electron chi connectivity index (χ3n) is 4.55. The molecule has 1 aliphatic rings. The van der Waals surface area contributed by atoms with E-state index >= 15 is 0 Å². The minimum Gasteiger partial charge on any atom is -0.480 e. The van der Waals surface area contributed by atoms with E-state index in [-0.39, 0.29) is 17.6 Å². The average molecular weight is 358 g/mol. The van der Waals surface area contributed by atoms with E-state index in [1.807, 2.05) is 12.1 Å². The first-order valence-corrected chi connectivity index (χ1v) is 8.80. The zero-order chi connectivity index (χ0) is 18.4. The summed E-state index contributed by atoms with van der Waals surface area (Å²) in [6.45, 7) is 1.97. The molecule has 7 heteroatoms. The number of hydrogen-bond acceptors (Lipinski definition) is 5. The Morgan fingerprint density at radius 1 is 1.35 bits per heavy atom. The minimum atomic E-state index is -0.252. The highest BCUT2D eigenvalue weighted by Crippen LogP contribution is 2.22. The van der Waals surface area contributed by atoms with Gasteiger partial charge in [-0.15, -0.1) is 10.2 Å². The molecular weight excluding hydrogens is 335 g/mol. The second-order valence-electron chi connectivity index (χ2n) is 6.39. The van der Waals surface area contributed by atoms with Crippen LogP contribution in [0, 0.1) is 11.7 Å². The van der Waals surface area contributed by atoms with E-state index < -0.39 is 0 Å². The highest BCUT2D eigenvalue weighted by molar-refractivity contribution is 5.79. The van der Waals surface area contributed by atoms with Crippen molar-refractivity contribution in [3.63, 3.8) is 0 Å². The summed E-state index contributed by atoms with van der Waals surface area (Å²) < 4.78 is 18.2. The molecule has 0 radical (unpaired) electrons. The summed E-state index contributed by atoms with van der Waals surface area (Å²) in [4.78, 5) is 14.5. The number of aromatic nitrogens is 2. The summed E-state index contributed by atoms with van der Waals surface area (Å²) in [6.07, 6.45) is 2.39. The van der Waals surface area contributed by atoms with Crippen molar-refractivity contribution in [2.24, 2.45) is 5.92 Å². The van der Waals surface area contributed by atoms with Crippen LogP contribution in [0.5, 0.6) is 5.88 Å². The van der Waals surface area contributed by atoms with Crippen LogP contribution in [0.25, 0.3) is 0 Å². The maximum absolute atomic E-state index is 13.2. The Balaban J connectivity index is 1.50. The molecule has 1 atom stereocenters. The lowest BCUT2D eigenvalue weighted by Crippen LogP contribution is -2.43. The summed E-state index contributed by atoms with van der Waals surface area (Å²) >= 11 is 0. The summed E-state index contributed by atoms with van der Waals surface area (Å²) in [6, 6.07) is 10.1. The topological polar surface area (TPSA) is 67.3 Å². The van der Waals surface area contributed by atoms with Crippen LogP contribution in [0.2, 0.25) is 0 Å². The fraction of sp³-hybridized carbons (Fsp3) is 0.421. The predicted molar refractivity (Wildman–Crippen MR) is 96.6 cm³/mol. The number of halogens is 1. The largest absolute Gasteiger partial charge is 0.480 e. The minimum absolute atomic E-state index is 0.0348. The molecule has 0 saturated carbocycles. The number of benzene rings is 1. The van der Waals surface area contributed by atoms with Crippen LogP contribution >= 0.6 is 0 Å². The molecule has 3 rings (SSSR count). The normalized spacial score (nSPS) is 17.0. The zero-order valence-electron chi connectivity index (χ0n) is 14.8. The van der Waals surface area contributed by atoms with Gasteiger partial charge in [-0.25, -0.2) is 4.39 Å². The van der Waals surface area contributed by atoms with Crippen molar-refractivity contribution < 1.29 is 13.9 Å². The fourth-order valence-electron chi connectivity index (χ4n) is 3.16. The zero-order valence-corrected chi connectivity index (χ0v) is 14.8. The number of nitrogens with one attached hydrogen (secondary N) is 1. The molecule has 26 heavy (non-hydrogen) atoms. The number of piperidine rings is 1. The van der Waals surface area contributed by atoms with Crippen molar-refractivity contribution in [3.8, 4) is 5.88 Å². The third-order valence-corrected chi connectivity index (χ3v) is 4.55. The van der Waals surface area contributed by atoms with Gasteiger partial charge in [0, 0.05) is 25.7 Å². The van der Waals surface area contributed by atoms with Gasteiger partial charge in [0.25, 0.3) is 0 Å². The Morgan fingerprint density at radius 3 is 2.96 bits per heavy atom. The molecule has 0 aliphatic carbocycles. The second kappa shape index (κ2) is 8.60. The van der Waals surface area contributed by atoms with E-state index in [4.69, 9.17) is 4.74 Å². The molecule has 1 saturated heterocycles. The van der Waals surface area contributed by atoms with E-state index in [2.05, 4.69) is 20.4 Å². The standard InChI is InChI=1S/C19H23FN4O2/c1-26-18-8-7-17(22-23-18)24-11-3-5-15(13-24)19(25)21-10-9-14-4-2-6-16(20)12-14/h2,4,6-8,12,15H,3,5,9-11,13H2,1H3,(H,21,25)/t15-/m1/s1. The van der Waals surface area contributed by atoms with Gasteiger partial charge in [0.2, 0.25) is 11.8 Å². The lowest BCUT2D eigenvalue weighted by atomic mass is 9.97. The molecule has 1 aromatic heterocycles. The molecule has 2 heterocycles. The van der Waals surface area contributed by atoms with Crippen LogP contribution in [0.4, 0.5) is 10.2 Å². The molecule has 1 aromatic carbocycles. The van der Waals surface area contributed by atoms with Crippen LogP contribution in [-0.4, -0.2) is 42.8 Å². The molecule has 2 aromatic rings. The highest BCUT2D eigenvalue weighted by atomic mass is 19.1. The van der Waals surface area contributed by atoms with E-state index in [0.29, 0.717) is 25.4 Å². The fourth-order valence-corrected chi connectivity index (χ4v) is 3.16. The Hall–Kier alpha value is -2.70. The molecule has 1 amide bonds. The smallest absolute Gasteiger partial charge is 0.233 e. The Kier molecular flexibility index (Phi) is 5.99. The van der Waals surface area contributed by atoms with Crippen molar-refractivity contribution in [1.29, 1.82) is 0 Å². The monoisotopic (exact) mass is 358 g/mol. The van der Waals surface area contributed by atoms with Gasteiger partial charge in [-0.3, -0.25) is 4.79 Å². The third kappa shape index (κ3) is 4.68. The Bertz CT molecular complexity index is 739. The van der Waals surface area contributed by atoms with Gasteiger partial charge in [-0.1, -0.05) is 12.1 Å². The van der Waals surface area contributed by atoms with E-state index in [0.717, 1.165) is 30.8 Å². The second-order valence-corrected chi connectivity index (χ2v) is 6.39. The molecule has 6 nitrogen and oxygen atoms in total. The van der Waals surface area contributed by atoms with Crippen molar-refractivity contribution in [3.05, 3.63) is 47.8 Å². The molecule has 0 bridgehead atoms. The number of carbonyl (C=O) groups excluding carboxylic acids is 1. The van der Waals surface area contributed by atoms with Gasteiger partial charge >= 0.3 is 0 Å². The van der Waals surface area contributed by atoms with Crippen molar-refractivity contribution in [1.82, 2.24) is 15.5 Å². The number of ether oxygens (including phenoxy) is 1. The quantitative estimate of drug-likeness (QED) is 0.857. The molecule has 1 N–H and O–H groups in total. The van der Waals surface area contributed by atoms with Crippen LogP contribution in [0.15, 0.2) is 36.4 Å². The van der Waals surface area contributed by atoms with Gasteiger partial charge in [0.05, 0.1) is 13.0 Å². The molecule has 1 aliphatic heterocycles. The average Bonchev–Trinajstić information content (AvgIpc) is 2.68. The first-order valence-electron chi connectivity index (χ1n) is 8.80. The predicted octanol–water partition coefficient (Wildman–Crippen LogP) is 2.20. The number of hydrogen-bond donors (Lipinski definition) is 1. The van der Waals surface area contributed by atoms with Crippen molar-refractivity contribution in [2.75, 3.05) is 31.6 Å². The summed E-state index contributed by atoms with van der Waals surface area (Å²) in [5.41, 5.74) is 0.879. The Morgan fingerprint density at radius 2 is 2.23 bits per heavy atom. The maximum atomic E-state index is 13.2. The molecular formula is C19H23FN4O2. The number of anilines is 1. The van der Waals surface area contributed by atoms with Crippen LogP contribution in [0.3, 0.4) is 0 Å². The van der Waals surface area contributed by atoms with Crippen LogP contribution < -0.4 is 15.0 Å². The van der Waals surface area contributed by atoms with Gasteiger partial charge in [0.1, 0.15) is 5.82 Å². The van der Waals surface area contributed by atoms with Gasteiger partial charge in [-0.05, 0) is 43.0 Å². The highest BCUT2D eigenvalue weighted by Gasteiger charge is 2.26. The van der Waals surface area contributed by atoms with Gasteiger partial charge in [-0.2, -0.15) is 0 Å². The molecule has 0 unspecified atom stereocenters. The number of nitrogens with zero attached hydrogens (tertiary/aromatic N) is 3. The molecule has 138 valence electrons. The maximum Gasteiger partial charge on any atom is 0.233 e. The summed E-state index contributed by atoms with van der Waals surface area (Å²) in [5, 5.41) is 11.1. The van der Waals surface area contributed by atoms with E-state index in [9.17, 15) is 9.18 Å². The Labute approximate surface area is 152 Å². The van der Waals surface area contributed by atoms with E-state index in [1.54, 1.807) is 19.2 Å². The number of carbonyl (C=O) groups is 1. The number of rotatable bonds is 6. The number of methoxy groups -OCH3 is 1. The van der Waals surface area contributed by atoms with E-state index in [1.165, 1.54) is 12.1 Å². The SMILES string of the molecule is COc1ccc(N2CCC[C@@H](C(=O)NCCc3cccc(F)c3)C2)nn1. The van der Waals surface area contributed by atoms with Gasteiger partial charge < -0.3 is 15.0 Å². The summed E-state index contributed by atoms with van der Waals surface area (Å²) in [5.74, 6) is 0.922. The van der Waals surface area contributed by atoms with Crippen LogP contribution in [-0.2, 0) is 11.2 Å². The molecule has 1 fully saturated rings. The lowest BCUT2D eigenvalue weighted by molar-refractivity contribution is -0.125. The lowest BCUT2D eigenvalue weighted by Gasteiger charge is -2.32. The van der Waals surface area contributed by atoms with Crippen LogP contribution in [0.1, 0.15) is 18.4 Å². The summed E-state index contributed by atoms with van der Waals surface area (Å²) in [7, 11) is 1.55. The van der Waals surface area contributed by atoms with Crippen molar-refractivity contribution >= 4 is 11.7 Å². The first kappa shape index (κ1) is 18.1. The molecule has 0 spiro atoms.